The van der Waals surface area contributed by atoms with E-state index >= 15 is 0 Å². The monoisotopic (exact) mass is 571 g/mol. The number of hydrogen-bond donors (Lipinski definition) is 3. The Morgan fingerprint density at radius 2 is 1.88 bits per heavy atom. The summed E-state index contributed by atoms with van der Waals surface area (Å²) in [6.07, 6.45) is 4.05. The number of rotatable bonds is 8. The highest BCUT2D eigenvalue weighted by atomic mass is 127. The van der Waals surface area contributed by atoms with Crippen molar-refractivity contribution in [2.45, 2.75) is 46.2 Å². The molecule has 4 aromatic rings. The number of nitrogens with zero attached hydrogens (tertiary/aromatic N) is 4. The molecule has 0 radical (unpaired) electrons. The molecule has 0 aliphatic heterocycles. The Kier molecular flexibility index (Phi) is 9.09. The van der Waals surface area contributed by atoms with Gasteiger partial charge >= 0.3 is 0 Å². The van der Waals surface area contributed by atoms with E-state index in [1.165, 1.54) is 27.6 Å². The number of aryl methyl sites for hydroxylation is 2. The SMILES string of the molecule is CCc1cccc2c(CCNC(=NCc3nnc(C)n3C)NC(C)c3ccccc3)c[nH]c12.I. The van der Waals surface area contributed by atoms with Gasteiger partial charge in [-0.25, -0.2) is 4.99 Å². The highest BCUT2D eigenvalue weighted by Gasteiger charge is 2.11. The Hall–Kier alpha value is -2.88. The van der Waals surface area contributed by atoms with Gasteiger partial charge in [-0.15, -0.1) is 34.2 Å². The Morgan fingerprint density at radius 1 is 1.09 bits per heavy atom. The molecule has 7 nitrogen and oxygen atoms in total. The number of aromatic nitrogens is 4. The van der Waals surface area contributed by atoms with Crippen molar-refractivity contribution in [3.05, 3.63) is 83.1 Å². The number of nitrogens with one attached hydrogen (secondary N) is 3. The molecule has 0 aliphatic carbocycles. The molecule has 1 atom stereocenters. The number of para-hydroxylation sites is 1. The zero-order valence-corrected chi connectivity index (χ0v) is 22.6. The summed E-state index contributed by atoms with van der Waals surface area (Å²) in [4.78, 5) is 8.27. The van der Waals surface area contributed by atoms with Crippen LogP contribution in [0.5, 0.6) is 0 Å². The lowest BCUT2D eigenvalue weighted by Crippen LogP contribution is -2.39. The van der Waals surface area contributed by atoms with Crippen molar-refractivity contribution in [1.29, 1.82) is 0 Å². The summed E-state index contributed by atoms with van der Waals surface area (Å²) in [7, 11) is 1.97. The fourth-order valence-electron chi connectivity index (χ4n) is 4.01. The second-order valence-corrected chi connectivity index (χ2v) is 8.35. The van der Waals surface area contributed by atoms with Crippen molar-refractivity contribution in [1.82, 2.24) is 30.4 Å². The van der Waals surface area contributed by atoms with Crippen LogP contribution in [0.3, 0.4) is 0 Å². The molecule has 3 N–H and O–H groups in total. The molecule has 180 valence electrons. The molecular formula is C26H34IN7. The molecule has 2 aromatic heterocycles. The molecule has 0 saturated carbocycles. The van der Waals surface area contributed by atoms with Crippen LogP contribution in [0, 0.1) is 6.92 Å². The fourth-order valence-corrected chi connectivity index (χ4v) is 4.01. The van der Waals surface area contributed by atoms with E-state index in [1.807, 2.05) is 24.6 Å². The summed E-state index contributed by atoms with van der Waals surface area (Å²) in [6.45, 7) is 7.51. The third-order valence-corrected chi connectivity index (χ3v) is 6.17. The standard InChI is InChI=1S/C26H33N7.HI/c1-5-20-12-9-13-23-22(16-28-25(20)23)14-15-27-26(29-17-24-32-31-19(3)33(24)4)30-18(2)21-10-7-6-8-11-21;/h6-13,16,18,28H,5,14-15,17H2,1-4H3,(H2,27,29,30);1H. The Balaban J connectivity index is 0.00000324. The average Bonchev–Trinajstić information content (AvgIpc) is 3.40. The topological polar surface area (TPSA) is 82.9 Å². The molecule has 0 fully saturated rings. The molecule has 0 spiro atoms. The fraction of sp³-hybridized carbons (Fsp3) is 0.346. The van der Waals surface area contributed by atoms with Crippen LogP contribution in [-0.4, -0.2) is 32.3 Å². The lowest BCUT2D eigenvalue weighted by molar-refractivity contribution is 0.675. The molecule has 0 aliphatic rings. The Bertz CT molecular complexity index is 1230. The van der Waals surface area contributed by atoms with Crippen molar-refractivity contribution in [3.8, 4) is 0 Å². The molecule has 4 rings (SSSR count). The zero-order chi connectivity index (χ0) is 23.2. The number of hydrogen-bond acceptors (Lipinski definition) is 3. The molecule has 2 aromatic carbocycles. The third kappa shape index (κ3) is 5.97. The first-order valence-electron chi connectivity index (χ1n) is 11.6. The van der Waals surface area contributed by atoms with Crippen LogP contribution in [0.2, 0.25) is 0 Å². The first kappa shape index (κ1) is 25.7. The first-order valence-corrected chi connectivity index (χ1v) is 11.6. The Morgan fingerprint density at radius 3 is 2.59 bits per heavy atom. The smallest absolute Gasteiger partial charge is 0.192 e. The van der Waals surface area contributed by atoms with Gasteiger partial charge in [0.05, 0.1) is 6.04 Å². The van der Waals surface area contributed by atoms with Gasteiger partial charge in [-0.1, -0.05) is 55.5 Å². The van der Waals surface area contributed by atoms with E-state index in [-0.39, 0.29) is 30.0 Å². The average molecular weight is 572 g/mol. The molecule has 8 heteroatoms. The van der Waals surface area contributed by atoms with Crippen LogP contribution in [0.25, 0.3) is 10.9 Å². The van der Waals surface area contributed by atoms with Gasteiger partial charge < -0.3 is 20.2 Å². The predicted molar refractivity (Wildman–Crippen MR) is 150 cm³/mol. The highest BCUT2D eigenvalue weighted by molar-refractivity contribution is 14.0. The second kappa shape index (κ2) is 12.0. The van der Waals surface area contributed by atoms with E-state index in [1.54, 1.807) is 0 Å². The third-order valence-electron chi connectivity index (χ3n) is 6.17. The number of H-pyrrole nitrogens is 1. The molecule has 2 heterocycles. The van der Waals surface area contributed by atoms with E-state index in [2.05, 4.69) is 88.3 Å². The van der Waals surface area contributed by atoms with Crippen molar-refractivity contribution < 1.29 is 0 Å². The molecule has 0 amide bonds. The number of aliphatic imine (C=N–C) groups is 1. The summed E-state index contributed by atoms with van der Waals surface area (Å²) in [5, 5.41) is 16.7. The van der Waals surface area contributed by atoms with Crippen LogP contribution < -0.4 is 10.6 Å². The van der Waals surface area contributed by atoms with Gasteiger partial charge in [0.1, 0.15) is 12.4 Å². The normalized spacial score (nSPS) is 12.4. The summed E-state index contributed by atoms with van der Waals surface area (Å²) in [5.74, 6) is 2.48. The van der Waals surface area contributed by atoms with Crippen LogP contribution in [-0.2, 0) is 26.4 Å². The summed E-state index contributed by atoms with van der Waals surface area (Å²) in [6, 6.07) is 17.0. The number of aromatic amines is 1. The minimum atomic E-state index is 0. The highest BCUT2D eigenvalue weighted by Crippen LogP contribution is 2.22. The predicted octanol–water partition coefficient (Wildman–Crippen LogP) is 4.82. The van der Waals surface area contributed by atoms with Crippen molar-refractivity contribution in [3.63, 3.8) is 0 Å². The summed E-state index contributed by atoms with van der Waals surface area (Å²) >= 11 is 0. The molecule has 34 heavy (non-hydrogen) atoms. The van der Waals surface area contributed by atoms with E-state index in [0.29, 0.717) is 6.54 Å². The maximum atomic E-state index is 4.81. The van der Waals surface area contributed by atoms with Crippen molar-refractivity contribution >= 4 is 40.8 Å². The van der Waals surface area contributed by atoms with E-state index in [4.69, 9.17) is 4.99 Å². The van der Waals surface area contributed by atoms with Gasteiger partial charge in [-0.3, -0.25) is 0 Å². The van der Waals surface area contributed by atoms with E-state index < -0.39 is 0 Å². The number of guanidine groups is 1. The number of fused-ring (bicyclic) bond motifs is 1. The summed E-state index contributed by atoms with van der Waals surface area (Å²) < 4.78 is 1.97. The van der Waals surface area contributed by atoms with Crippen molar-refractivity contribution in [2.24, 2.45) is 12.0 Å². The molecular weight excluding hydrogens is 537 g/mol. The van der Waals surface area contributed by atoms with Gasteiger partial charge in [-0.2, -0.15) is 0 Å². The van der Waals surface area contributed by atoms with Crippen LogP contribution in [0.15, 0.2) is 59.7 Å². The lowest BCUT2D eigenvalue weighted by atomic mass is 10.1. The minimum Gasteiger partial charge on any atom is -0.361 e. The second-order valence-electron chi connectivity index (χ2n) is 8.35. The van der Waals surface area contributed by atoms with Gasteiger partial charge in [0.25, 0.3) is 0 Å². The van der Waals surface area contributed by atoms with Crippen LogP contribution in [0.4, 0.5) is 0 Å². The quantitative estimate of drug-likeness (QED) is 0.161. The molecule has 1 unspecified atom stereocenters. The maximum Gasteiger partial charge on any atom is 0.192 e. The van der Waals surface area contributed by atoms with Gasteiger partial charge in [-0.05, 0) is 43.4 Å². The Labute approximate surface area is 218 Å². The largest absolute Gasteiger partial charge is 0.361 e. The number of halogens is 1. The number of benzene rings is 2. The molecule has 0 saturated heterocycles. The van der Waals surface area contributed by atoms with Gasteiger partial charge in [0.2, 0.25) is 0 Å². The first-order chi connectivity index (χ1) is 16.1. The van der Waals surface area contributed by atoms with Gasteiger partial charge in [0.15, 0.2) is 11.8 Å². The van der Waals surface area contributed by atoms with Crippen molar-refractivity contribution in [2.75, 3.05) is 6.54 Å². The van der Waals surface area contributed by atoms with Crippen LogP contribution >= 0.6 is 24.0 Å². The molecule has 0 bridgehead atoms. The zero-order valence-electron chi connectivity index (χ0n) is 20.3. The maximum absolute atomic E-state index is 4.81. The lowest BCUT2D eigenvalue weighted by Gasteiger charge is -2.19. The summed E-state index contributed by atoms with van der Waals surface area (Å²) in [5.41, 5.74) is 5.13. The minimum absolute atomic E-state index is 0. The van der Waals surface area contributed by atoms with E-state index in [0.717, 1.165) is 37.0 Å². The van der Waals surface area contributed by atoms with E-state index in [9.17, 15) is 0 Å². The van der Waals surface area contributed by atoms with Gasteiger partial charge in [0, 0.05) is 30.7 Å². The van der Waals surface area contributed by atoms with Crippen LogP contribution in [0.1, 0.15) is 48.2 Å².